The second-order valence-electron chi connectivity index (χ2n) is 6.01. The Morgan fingerprint density at radius 1 is 0.621 bits per heavy atom. The van der Waals surface area contributed by atoms with Crippen LogP contribution in [0.1, 0.15) is 31.1 Å². The number of carbonyl (C=O) groups excluding carboxylic acids is 3. The molecule has 8 heteroatoms. The molecule has 0 bridgehead atoms. The third kappa shape index (κ3) is 5.01. The van der Waals surface area contributed by atoms with Gasteiger partial charge in [0, 0.05) is 28.1 Å². The number of carboxylic acid groups (broad SMARTS) is 1. The predicted molar refractivity (Wildman–Crippen MR) is 99.5 cm³/mol. The molecule has 0 aliphatic rings. The number of hydrogen-bond acceptors (Lipinski definition) is 4. The number of hydrogen-bond donors (Lipinski definition) is 2. The molecule has 0 spiro atoms. The number of anilines is 2. The molecular weight excluding hydrogens is 382 g/mol. The zero-order valence-electron chi connectivity index (χ0n) is 14.7. The first kappa shape index (κ1) is 19.7. The second kappa shape index (κ2) is 8.30. The van der Waals surface area contributed by atoms with Crippen molar-refractivity contribution in [2.24, 2.45) is 0 Å². The number of benzene rings is 3. The number of rotatable bonds is 5. The van der Waals surface area contributed by atoms with E-state index in [1.165, 1.54) is 30.3 Å². The van der Waals surface area contributed by atoms with Gasteiger partial charge in [0.25, 0.3) is 11.8 Å². The number of aromatic carboxylic acids is 1. The average Bonchev–Trinajstić information content (AvgIpc) is 2.68. The molecule has 0 saturated carbocycles. The van der Waals surface area contributed by atoms with Gasteiger partial charge in [-0.2, -0.15) is 0 Å². The largest absolute Gasteiger partial charge is 0.545 e. The summed E-state index contributed by atoms with van der Waals surface area (Å²) in [7, 11) is 0. The Hall–Kier alpha value is -4.07. The first-order valence-corrected chi connectivity index (χ1v) is 8.32. The number of amides is 2. The van der Waals surface area contributed by atoms with Crippen molar-refractivity contribution in [3.05, 3.63) is 95.1 Å². The molecule has 0 aromatic heterocycles. The van der Waals surface area contributed by atoms with Crippen molar-refractivity contribution in [3.63, 3.8) is 0 Å². The standard InChI is InChI=1S/C21H14F2N2O4/c22-15-5-1-12(2-6-15)19(26)24-17-9-14(21(28)29)10-18(11-17)25-20(27)13-3-7-16(23)8-4-13/h1-11H,(H,24,26)(H,25,27)(H,28,29)/p-1. The van der Waals surface area contributed by atoms with E-state index in [4.69, 9.17) is 0 Å². The Labute approximate surface area is 163 Å². The summed E-state index contributed by atoms with van der Waals surface area (Å²) in [5.74, 6) is -3.73. The van der Waals surface area contributed by atoms with Gasteiger partial charge in [-0.1, -0.05) is 0 Å². The van der Waals surface area contributed by atoms with Crippen molar-refractivity contribution in [2.75, 3.05) is 10.6 Å². The highest BCUT2D eigenvalue weighted by Crippen LogP contribution is 2.21. The van der Waals surface area contributed by atoms with E-state index in [-0.39, 0.29) is 28.1 Å². The quantitative estimate of drug-likeness (QED) is 0.694. The van der Waals surface area contributed by atoms with Crippen LogP contribution in [0.4, 0.5) is 20.2 Å². The molecule has 6 nitrogen and oxygen atoms in total. The number of carbonyl (C=O) groups is 3. The lowest BCUT2D eigenvalue weighted by atomic mass is 10.1. The maximum absolute atomic E-state index is 13.0. The van der Waals surface area contributed by atoms with Crippen molar-refractivity contribution in [1.29, 1.82) is 0 Å². The van der Waals surface area contributed by atoms with Crippen molar-refractivity contribution in [3.8, 4) is 0 Å². The van der Waals surface area contributed by atoms with Gasteiger partial charge in [-0.25, -0.2) is 8.78 Å². The molecular formula is C21H13F2N2O4-. The predicted octanol–water partition coefficient (Wildman–Crippen LogP) is 2.83. The molecule has 3 rings (SSSR count). The van der Waals surface area contributed by atoms with Crippen molar-refractivity contribution in [2.45, 2.75) is 0 Å². The van der Waals surface area contributed by atoms with E-state index in [2.05, 4.69) is 10.6 Å². The Kier molecular flexibility index (Phi) is 5.64. The lowest BCUT2D eigenvalue weighted by molar-refractivity contribution is -0.255. The van der Waals surface area contributed by atoms with Gasteiger partial charge < -0.3 is 20.5 Å². The van der Waals surface area contributed by atoms with Crippen LogP contribution in [0.5, 0.6) is 0 Å². The van der Waals surface area contributed by atoms with E-state index in [1.807, 2.05) is 0 Å². The van der Waals surface area contributed by atoms with E-state index in [0.29, 0.717) is 0 Å². The fraction of sp³-hybridized carbons (Fsp3) is 0. The van der Waals surface area contributed by atoms with E-state index in [9.17, 15) is 28.3 Å². The average molecular weight is 395 g/mol. The van der Waals surface area contributed by atoms with Crippen molar-refractivity contribution >= 4 is 29.2 Å². The lowest BCUT2D eigenvalue weighted by Crippen LogP contribution is -2.23. The van der Waals surface area contributed by atoms with Crippen LogP contribution < -0.4 is 15.7 Å². The Morgan fingerprint density at radius 2 is 1.00 bits per heavy atom. The first-order valence-electron chi connectivity index (χ1n) is 8.32. The van der Waals surface area contributed by atoms with Gasteiger partial charge in [-0.15, -0.1) is 0 Å². The Balaban J connectivity index is 1.84. The minimum absolute atomic E-state index is 0.0791. The highest BCUT2D eigenvalue weighted by molar-refractivity contribution is 6.07. The lowest BCUT2D eigenvalue weighted by Gasteiger charge is -2.13. The summed E-state index contributed by atoms with van der Waals surface area (Å²) in [6.07, 6.45) is 0. The Bertz CT molecular complexity index is 1000. The minimum Gasteiger partial charge on any atom is -0.545 e. The smallest absolute Gasteiger partial charge is 0.255 e. The van der Waals surface area contributed by atoms with Crippen LogP contribution in [0, 0.1) is 11.6 Å². The fourth-order valence-electron chi connectivity index (χ4n) is 2.50. The molecule has 146 valence electrons. The molecule has 0 unspecified atom stereocenters. The summed E-state index contributed by atoms with van der Waals surface area (Å²) in [4.78, 5) is 35.8. The van der Waals surface area contributed by atoms with Gasteiger partial charge in [0.15, 0.2) is 0 Å². The zero-order chi connectivity index (χ0) is 21.0. The minimum atomic E-state index is -1.51. The van der Waals surface area contributed by atoms with Gasteiger partial charge in [-0.3, -0.25) is 9.59 Å². The molecule has 3 aromatic carbocycles. The SMILES string of the molecule is O=C([O-])c1cc(NC(=O)c2ccc(F)cc2)cc(NC(=O)c2ccc(F)cc2)c1. The summed E-state index contributed by atoms with van der Waals surface area (Å²) in [6, 6.07) is 13.2. The van der Waals surface area contributed by atoms with Crippen LogP contribution >= 0.6 is 0 Å². The summed E-state index contributed by atoms with van der Waals surface area (Å²) in [6.45, 7) is 0. The maximum atomic E-state index is 13.0. The summed E-state index contributed by atoms with van der Waals surface area (Å²) < 4.78 is 26.0. The van der Waals surface area contributed by atoms with E-state index in [1.54, 1.807) is 0 Å². The molecule has 0 heterocycles. The third-order valence-corrected chi connectivity index (χ3v) is 3.90. The van der Waals surface area contributed by atoms with Crippen molar-refractivity contribution in [1.82, 2.24) is 0 Å². The van der Waals surface area contributed by atoms with Crippen LogP contribution in [0.3, 0.4) is 0 Å². The van der Waals surface area contributed by atoms with Crippen LogP contribution in [0.2, 0.25) is 0 Å². The van der Waals surface area contributed by atoms with Gasteiger partial charge in [0.2, 0.25) is 0 Å². The van der Waals surface area contributed by atoms with Crippen LogP contribution in [-0.4, -0.2) is 17.8 Å². The highest BCUT2D eigenvalue weighted by Gasteiger charge is 2.11. The molecule has 0 fully saturated rings. The van der Waals surface area contributed by atoms with Crippen LogP contribution in [-0.2, 0) is 0 Å². The molecule has 2 N–H and O–H groups in total. The van der Waals surface area contributed by atoms with E-state index >= 15 is 0 Å². The van der Waals surface area contributed by atoms with E-state index in [0.717, 1.165) is 36.4 Å². The zero-order valence-corrected chi connectivity index (χ0v) is 14.7. The van der Waals surface area contributed by atoms with Gasteiger partial charge in [-0.05, 0) is 66.7 Å². The number of halogens is 2. The molecule has 3 aromatic rings. The summed E-state index contributed by atoms with van der Waals surface area (Å²) in [5.41, 5.74) is 0.187. The fourth-order valence-corrected chi connectivity index (χ4v) is 2.50. The van der Waals surface area contributed by atoms with E-state index < -0.39 is 29.4 Å². The highest BCUT2D eigenvalue weighted by atomic mass is 19.1. The topological polar surface area (TPSA) is 98.3 Å². The van der Waals surface area contributed by atoms with Gasteiger partial charge in [0.1, 0.15) is 11.6 Å². The summed E-state index contributed by atoms with van der Waals surface area (Å²) in [5, 5.41) is 16.2. The Morgan fingerprint density at radius 3 is 1.34 bits per heavy atom. The molecule has 0 atom stereocenters. The van der Waals surface area contributed by atoms with Crippen LogP contribution in [0.15, 0.2) is 66.7 Å². The maximum Gasteiger partial charge on any atom is 0.255 e. The molecule has 2 amide bonds. The number of nitrogens with one attached hydrogen (secondary N) is 2. The van der Waals surface area contributed by atoms with Gasteiger partial charge >= 0.3 is 0 Å². The first-order chi connectivity index (χ1) is 13.8. The molecule has 29 heavy (non-hydrogen) atoms. The third-order valence-electron chi connectivity index (χ3n) is 3.90. The van der Waals surface area contributed by atoms with Crippen LogP contribution in [0.25, 0.3) is 0 Å². The monoisotopic (exact) mass is 395 g/mol. The second-order valence-corrected chi connectivity index (χ2v) is 6.01. The molecule has 0 aliphatic carbocycles. The molecule has 0 saturated heterocycles. The number of carboxylic acids is 1. The summed E-state index contributed by atoms with van der Waals surface area (Å²) >= 11 is 0. The molecule has 0 radical (unpaired) electrons. The normalized spacial score (nSPS) is 10.3. The van der Waals surface area contributed by atoms with Gasteiger partial charge in [0.05, 0.1) is 5.97 Å². The molecule has 0 aliphatic heterocycles. The van der Waals surface area contributed by atoms with Crippen molar-refractivity contribution < 1.29 is 28.3 Å².